The minimum atomic E-state index is -0.801. The number of carbonyl (C=O) groups is 2. The van der Waals surface area contributed by atoms with E-state index in [0.29, 0.717) is 36.4 Å². The number of thioether (sulfide) groups is 1. The molecule has 204 valence electrons. The molecular formula is C28H37FN6O2S. The third-order valence-electron chi connectivity index (χ3n) is 7.48. The summed E-state index contributed by atoms with van der Waals surface area (Å²) in [6, 6.07) is 12.8. The second-order valence-corrected chi connectivity index (χ2v) is 11.3. The standard InChI is InChI=1S/C28H37FN6O2S/c1-4-32-16-20(2)34(21(3)17-32)18-22-5-9-25(10-6-22)35(28(37)33-11-13-38-14-12-33)19-24-8-7-23(15-26(24)29)27(36)31-30/h5-10,15,20-21,30H,4,11-14,16-19H2,1-3H3/t20-,21+. The molecule has 2 aromatic carbocycles. The number of anilines is 1. The van der Waals surface area contributed by atoms with Crippen LogP contribution in [0.4, 0.5) is 14.9 Å². The summed E-state index contributed by atoms with van der Waals surface area (Å²) in [7, 11) is 0. The number of likely N-dealkylation sites (N-methyl/N-ethyl adjacent to an activating group) is 1. The van der Waals surface area contributed by atoms with Crippen LogP contribution in [0.3, 0.4) is 0 Å². The number of hydrogen-bond acceptors (Lipinski definition) is 6. The molecule has 0 spiro atoms. The SMILES string of the molecule is CCN1C[C@@H](C)N(Cc2ccc(N(Cc3ccc(C(=O)N=N)cc3F)C(=O)N3CCSCC3)cc2)[C@@H](C)C1. The Kier molecular flexibility index (Phi) is 9.51. The van der Waals surface area contributed by atoms with E-state index in [1.807, 2.05) is 28.8 Å². The molecule has 0 bridgehead atoms. The van der Waals surface area contributed by atoms with Gasteiger partial charge in [-0.1, -0.05) is 25.1 Å². The molecular weight excluding hydrogens is 503 g/mol. The molecule has 1 N–H and O–H groups in total. The molecule has 0 saturated carbocycles. The van der Waals surface area contributed by atoms with E-state index in [-0.39, 0.29) is 18.1 Å². The predicted octanol–water partition coefficient (Wildman–Crippen LogP) is 5.09. The first-order valence-corrected chi connectivity index (χ1v) is 14.4. The molecule has 2 saturated heterocycles. The molecule has 0 radical (unpaired) electrons. The van der Waals surface area contributed by atoms with E-state index >= 15 is 0 Å². The molecule has 10 heteroatoms. The number of hydrogen-bond donors (Lipinski definition) is 1. The van der Waals surface area contributed by atoms with Gasteiger partial charge in [0.25, 0.3) is 5.91 Å². The first-order chi connectivity index (χ1) is 18.3. The van der Waals surface area contributed by atoms with Gasteiger partial charge in [0, 0.05) is 73.1 Å². The van der Waals surface area contributed by atoms with Crippen LogP contribution >= 0.6 is 11.8 Å². The van der Waals surface area contributed by atoms with Gasteiger partial charge in [-0.15, -0.1) is 5.11 Å². The lowest BCUT2D eigenvalue weighted by molar-refractivity contribution is 0.0356. The van der Waals surface area contributed by atoms with Crippen molar-refractivity contribution in [1.82, 2.24) is 14.7 Å². The van der Waals surface area contributed by atoms with Gasteiger partial charge in [-0.2, -0.15) is 11.8 Å². The summed E-state index contributed by atoms with van der Waals surface area (Å²) in [5.74, 6) is 0.353. The lowest BCUT2D eigenvalue weighted by Gasteiger charge is -2.44. The number of carbonyl (C=O) groups excluding carboxylic acids is 2. The molecule has 8 nitrogen and oxygen atoms in total. The third kappa shape index (κ3) is 6.59. The number of halogens is 1. The van der Waals surface area contributed by atoms with E-state index in [1.54, 1.807) is 4.90 Å². The van der Waals surface area contributed by atoms with Crippen LogP contribution in [0.2, 0.25) is 0 Å². The van der Waals surface area contributed by atoms with Crippen LogP contribution < -0.4 is 4.90 Å². The summed E-state index contributed by atoms with van der Waals surface area (Å²) in [6.07, 6.45) is 0. The van der Waals surface area contributed by atoms with Crippen LogP contribution in [0.1, 0.15) is 42.3 Å². The molecule has 2 heterocycles. The zero-order valence-electron chi connectivity index (χ0n) is 22.4. The maximum atomic E-state index is 15.0. The van der Waals surface area contributed by atoms with E-state index in [9.17, 15) is 14.0 Å². The summed E-state index contributed by atoms with van der Waals surface area (Å²) < 4.78 is 15.0. The average Bonchev–Trinajstić information content (AvgIpc) is 2.94. The van der Waals surface area contributed by atoms with Gasteiger partial charge >= 0.3 is 6.03 Å². The Hall–Kier alpha value is -2.82. The highest BCUT2D eigenvalue weighted by Crippen LogP contribution is 2.25. The molecule has 0 aromatic heterocycles. The fourth-order valence-electron chi connectivity index (χ4n) is 5.27. The zero-order chi connectivity index (χ0) is 27.2. The Balaban J connectivity index is 1.55. The fourth-order valence-corrected chi connectivity index (χ4v) is 6.17. The van der Waals surface area contributed by atoms with E-state index in [2.05, 4.69) is 47.8 Å². The van der Waals surface area contributed by atoms with Crippen molar-refractivity contribution in [2.75, 3.05) is 49.1 Å². The Bertz CT molecular complexity index is 1130. The summed E-state index contributed by atoms with van der Waals surface area (Å²) in [4.78, 5) is 33.7. The summed E-state index contributed by atoms with van der Waals surface area (Å²) in [6.45, 7) is 12.1. The topological polar surface area (TPSA) is 83.3 Å². The lowest BCUT2D eigenvalue weighted by Crippen LogP contribution is -2.55. The Labute approximate surface area is 228 Å². The number of piperazine rings is 1. The molecule has 2 fully saturated rings. The Morgan fingerprint density at radius 1 is 1.08 bits per heavy atom. The van der Waals surface area contributed by atoms with Crippen LogP contribution in [0.15, 0.2) is 47.6 Å². The van der Waals surface area contributed by atoms with Crippen LogP contribution in [0.25, 0.3) is 0 Å². The van der Waals surface area contributed by atoms with E-state index in [0.717, 1.165) is 43.8 Å². The van der Waals surface area contributed by atoms with Gasteiger partial charge in [-0.25, -0.2) is 14.7 Å². The first kappa shape index (κ1) is 28.2. The van der Waals surface area contributed by atoms with Crippen molar-refractivity contribution in [2.24, 2.45) is 5.11 Å². The number of amides is 3. The van der Waals surface area contributed by atoms with E-state index in [1.165, 1.54) is 17.7 Å². The van der Waals surface area contributed by atoms with Gasteiger partial charge in [0.05, 0.1) is 6.54 Å². The van der Waals surface area contributed by atoms with Crippen LogP contribution in [-0.4, -0.2) is 83.0 Å². The number of benzene rings is 2. The second-order valence-electron chi connectivity index (χ2n) is 10.1. The zero-order valence-corrected chi connectivity index (χ0v) is 23.2. The van der Waals surface area contributed by atoms with Crippen molar-refractivity contribution < 1.29 is 14.0 Å². The summed E-state index contributed by atoms with van der Waals surface area (Å²) >= 11 is 1.82. The number of rotatable bonds is 7. The highest BCUT2D eigenvalue weighted by Gasteiger charge is 2.29. The lowest BCUT2D eigenvalue weighted by atomic mass is 10.1. The maximum absolute atomic E-state index is 15.0. The predicted molar refractivity (Wildman–Crippen MR) is 149 cm³/mol. The normalized spacial score (nSPS) is 20.8. The highest BCUT2D eigenvalue weighted by atomic mass is 32.2. The third-order valence-corrected chi connectivity index (χ3v) is 8.42. The maximum Gasteiger partial charge on any atom is 0.324 e. The van der Waals surface area contributed by atoms with Crippen molar-refractivity contribution in [3.63, 3.8) is 0 Å². The molecule has 2 aromatic rings. The Morgan fingerprint density at radius 3 is 2.32 bits per heavy atom. The fraction of sp³-hybridized carbons (Fsp3) is 0.500. The molecule has 4 rings (SSSR count). The number of nitrogens with zero attached hydrogens (tertiary/aromatic N) is 5. The van der Waals surface area contributed by atoms with Gasteiger partial charge in [0.2, 0.25) is 0 Å². The van der Waals surface area contributed by atoms with Crippen LogP contribution in [0.5, 0.6) is 0 Å². The van der Waals surface area contributed by atoms with Crippen LogP contribution in [0, 0.1) is 11.3 Å². The second kappa shape index (κ2) is 12.8. The molecule has 38 heavy (non-hydrogen) atoms. The Morgan fingerprint density at radius 2 is 1.74 bits per heavy atom. The molecule has 2 aliphatic heterocycles. The number of nitrogens with one attached hydrogen (secondary N) is 1. The molecule has 0 aliphatic carbocycles. The van der Waals surface area contributed by atoms with Gasteiger partial charge < -0.3 is 9.80 Å². The van der Waals surface area contributed by atoms with Crippen molar-refractivity contribution in [3.05, 3.63) is 65.0 Å². The van der Waals surface area contributed by atoms with Crippen molar-refractivity contribution in [3.8, 4) is 0 Å². The first-order valence-electron chi connectivity index (χ1n) is 13.2. The van der Waals surface area contributed by atoms with Gasteiger partial charge in [-0.05, 0) is 50.2 Å². The van der Waals surface area contributed by atoms with Gasteiger partial charge in [-0.3, -0.25) is 14.6 Å². The van der Waals surface area contributed by atoms with Crippen molar-refractivity contribution >= 4 is 29.4 Å². The minimum absolute atomic E-state index is 0.0137. The molecule has 2 atom stereocenters. The molecule has 0 unspecified atom stereocenters. The molecule has 3 amide bonds. The van der Waals surface area contributed by atoms with E-state index < -0.39 is 11.7 Å². The van der Waals surface area contributed by atoms with Crippen molar-refractivity contribution in [2.45, 2.75) is 45.9 Å². The number of urea groups is 1. The van der Waals surface area contributed by atoms with Crippen LogP contribution in [-0.2, 0) is 13.1 Å². The monoisotopic (exact) mass is 540 g/mol. The van der Waals surface area contributed by atoms with Crippen molar-refractivity contribution in [1.29, 1.82) is 5.53 Å². The van der Waals surface area contributed by atoms with E-state index in [4.69, 9.17) is 5.53 Å². The summed E-state index contributed by atoms with van der Waals surface area (Å²) in [5, 5.41) is 2.86. The molecule has 2 aliphatic rings. The minimum Gasteiger partial charge on any atom is -0.323 e. The summed E-state index contributed by atoms with van der Waals surface area (Å²) in [5.41, 5.74) is 9.08. The smallest absolute Gasteiger partial charge is 0.323 e. The highest BCUT2D eigenvalue weighted by molar-refractivity contribution is 7.99. The largest absolute Gasteiger partial charge is 0.324 e. The van der Waals surface area contributed by atoms with Gasteiger partial charge in [0.15, 0.2) is 0 Å². The average molecular weight is 541 g/mol. The quantitative estimate of drug-likeness (QED) is 0.495. The van der Waals surface area contributed by atoms with Gasteiger partial charge in [0.1, 0.15) is 5.82 Å².